The van der Waals surface area contributed by atoms with Crippen molar-refractivity contribution in [2.75, 3.05) is 5.75 Å². The van der Waals surface area contributed by atoms with Crippen LogP contribution in [0.25, 0.3) is 0 Å². The van der Waals surface area contributed by atoms with Gasteiger partial charge in [0.05, 0.1) is 6.42 Å². The van der Waals surface area contributed by atoms with E-state index in [0.29, 0.717) is 12.3 Å². The zero-order valence-corrected chi connectivity index (χ0v) is 15.6. The minimum absolute atomic E-state index is 0.178. The molecule has 1 amide bonds. The van der Waals surface area contributed by atoms with Crippen molar-refractivity contribution in [2.24, 2.45) is 0 Å². The lowest BCUT2D eigenvalue weighted by Gasteiger charge is -2.13. The molecule has 0 saturated carbocycles. The number of esters is 1. The number of amides is 1. The molecule has 0 aliphatic rings. The van der Waals surface area contributed by atoms with Crippen LogP contribution in [0.15, 0.2) is 53.4 Å². The molecule has 6 heteroatoms. The van der Waals surface area contributed by atoms with Crippen LogP contribution in [0.1, 0.15) is 24.5 Å². The van der Waals surface area contributed by atoms with Gasteiger partial charge in [-0.1, -0.05) is 29.8 Å². The van der Waals surface area contributed by atoms with Gasteiger partial charge in [0.2, 0.25) is 0 Å². The average Bonchev–Trinajstić information content (AvgIpc) is 2.62. The number of aryl methyl sites for hydroxylation is 1. The smallest absolute Gasteiger partial charge is 0.307 e. The van der Waals surface area contributed by atoms with E-state index < -0.39 is 12.1 Å². The number of carbonyl (C=O) groups excluding carboxylic acids is 2. The Balaban J connectivity index is 1.67. The van der Waals surface area contributed by atoms with Crippen molar-refractivity contribution in [3.63, 3.8) is 0 Å². The van der Waals surface area contributed by atoms with Gasteiger partial charge >= 0.3 is 5.97 Å². The largest absolute Gasteiger partial charge is 0.453 e. The first-order valence-corrected chi connectivity index (χ1v) is 9.33. The van der Waals surface area contributed by atoms with Gasteiger partial charge in [0.15, 0.2) is 6.10 Å². The van der Waals surface area contributed by atoms with Crippen molar-refractivity contribution in [1.29, 1.82) is 0 Å². The van der Waals surface area contributed by atoms with Crippen molar-refractivity contribution in [2.45, 2.75) is 37.8 Å². The molecule has 2 aromatic rings. The topological polar surface area (TPSA) is 55.4 Å². The Kier molecular flexibility index (Phi) is 7.66. The van der Waals surface area contributed by atoms with Crippen molar-refractivity contribution in [1.82, 2.24) is 5.32 Å². The fraction of sp³-hybridized carbons (Fsp3) is 0.300. The van der Waals surface area contributed by atoms with E-state index in [1.807, 2.05) is 31.2 Å². The lowest BCUT2D eigenvalue weighted by molar-refractivity contribution is -0.154. The molecule has 0 unspecified atom stereocenters. The third kappa shape index (κ3) is 6.88. The van der Waals surface area contributed by atoms with Gasteiger partial charge < -0.3 is 10.1 Å². The zero-order valence-electron chi connectivity index (χ0n) is 14.8. The first-order chi connectivity index (χ1) is 12.4. The van der Waals surface area contributed by atoms with Crippen molar-refractivity contribution in [3.05, 3.63) is 65.5 Å². The third-order valence-electron chi connectivity index (χ3n) is 3.65. The summed E-state index contributed by atoms with van der Waals surface area (Å²) in [6.07, 6.45) is -0.666. The molecule has 26 heavy (non-hydrogen) atoms. The Morgan fingerprint density at radius 2 is 1.77 bits per heavy atom. The molecule has 1 N–H and O–H groups in total. The van der Waals surface area contributed by atoms with E-state index in [9.17, 15) is 14.0 Å². The normalized spacial score (nSPS) is 11.7. The SMILES string of the molecule is Cc1ccc(CNC(=O)[C@@H](C)OC(=O)CCSc2ccc(F)cc2)cc1. The molecule has 0 heterocycles. The molecular formula is C20H22FNO3S. The second-order valence-corrected chi connectivity index (χ2v) is 7.06. The molecule has 4 nitrogen and oxygen atoms in total. The molecule has 0 spiro atoms. The van der Waals surface area contributed by atoms with Gasteiger partial charge in [-0.15, -0.1) is 11.8 Å². The van der Waals surface area contributed by atoms with Gasteiger partial charge in [-0.05, 0) is 43.7 Å². The Bertz CT molecular complexity index is 732. The first kappa shape index (κ1) is 20.0. The maximum absolute atomic E-state index is 12.8. The molecule has 0 fully saturated rings. The Labute approximate surface area is 157 Å². The van der Waals surface area contributed by atoms with Crippen LogP contribution in [0, 0.1) is 12.7 Å². The average molecular weight is 375 g/mol. The molecule has 2 rings (SSSR count). The summed E-state index contributed by atoms with van der Waals surface area (Å²) in [5.41, 5.74) is 2.14. The van der Waals surface area contributed by atoms with Crippen LogP contribution < -0.4 is 5.32 Å². The van der Waals surface area contributed by atoms with Crippen LogP contribution in [-0.4, -0.2) is 23.7 Å². The van der Waals surface area contributed by atoms with Gasteiger partial charge in [0.25, 0.3) is 5.91 Å². The first-order valence-electron chi connectivity index (χ1n) is 8.35. The number of nitrogens with one attached hydrogen (secondary N) is 1. The summed E-state index contributed by atoms with van der Waals surface area (Å²) >= 11 is 1.43. The number of benzene rings is 2. The van der Waals surface area contributed by atoms with E-state index in [2.05, 4.69) is 5.32 Å². The monoisotopic (exact) mass is 375 g/mol. The molecule has 0 bridgehead atoms. The highest BCUT2D eigenvalue weighted by Crippen LogP contribution is 2.19. The molecule has 0 saturated heterocycles. The van der Waals surface area contributed by atoms with E-state index in [1.54, 1.807) is 19.1 Å². The number of hydrogen-bond donors (Lipinski definition) is 1. The molecule has 0 aromatic heterocycles. The summed E-state index contributed by atoms with van der Waals surface area (Å²) in [5, 5.41) is 2.75. The van der Waals surface area contributed by atoms with Crippen molar-refractivity contribution >= 4 is 23.6 Å². The summed E-state index contributed by atoms with van der Waals surface area (Å²) in [6, 6.07) is 13.9. The number of carbonyl (C=O) groups is 2. The molecule has 138 valence electrons. The Hall–Kier alpha value is -2.34. The van der Waals surface area contributed by atoms with Gasteiger partial charge in [-0.3, -0.25) is 9.59 Å². The molecule has 0 radical (unpaired) electrons. The van der Waals surface area contributed by atoms with E-state index >= 15 is 0 Å². The lowest BCUT2D eigenvalue weighted by atomic mass is 10.1. The zero-order chi connectivity index (χ0) is 18.9. The summed E-state index contributed by atoms with van der Waals surface area (Å²) in [5.74, 6) is -0.552. The fourth-order valence-corrected chi connectivity index (χ4v) is 2.96. The third-order valence-corrected chi connectivity index (χ3v) is 4.67. The minimum Gasteiger partial charge on any atom is -0.453 e. The van der Waals surface area contributed by atoms with Gasteiger partial charge in [0, 0.05) is 17.2 Å². The molecule has 0 aliphatic carbocycles. The minimum atomic E-state index is -0.844. The van der Waals surface area contributed by atoms with Crippen molar-refractivity contribution in [3.8, 4) is 0 Å². The van der Waals surface area contributed by atoms with Crippen LogP contribution in [0.5, 0.6) is 0 Å². The summed E-state index contributed by atoms with van der Waals surface area (Å²) in [6.45, 7) is 3.94. The van der Waals surface area contributed by atoms with Crippen LogP contribution >= 0.6 is 11.8 Å². The van der Waals surface area contributed by atoms with Gasteiger partial charge in [-0.25, -0.2) is 4.39 Å². The van der Waals surface area contributed by atoms with Crippen LogP contribution in [0.3, 0.4) is 0 Å². The summed E-state index contributed by atoms with van der Waals surface area (Å²) < 4.78 is 18.0. The van der Waals surface area contributed by atoms with Gasteiger partial charge in [-0.2, -0.15) is 0 Å². The number of halogens is 1. The summed E-state index contributed by atoms with van der Waals surface area (Å²) in [7, 11) is 0. The second-order valence-electron chi connectivity index (χ2n) is 5.89. The molecule has 0 aliphatic heterocycles. The highest BCUT2D eigenvalue weighted by Gasteiger charge is 2.17. The summed E-state index contributed by atoms with van der Waals surface area (Å²) in [4.78, 5) is 24.7. The van der Waals surface area contributed by atoms with Crippen LogP contribution in [0.2, 0.25) is 0 Å². The van der Waals surface area contributed by atoms with Crippen LogP contribution in [0.4, 0.5) is 4.39 Å². The highest BCUT2D eigenvalue weighted by molar-refractivity contribution is 7.99. The fourth-order valence-electron chi connectivity index (χ4n) is 2.13. The van der Waals surface area contributed by atoms with E-state index in [-0.39, 0.29) is 18.1 Å². The Morgan fingerprint density at radius 1 is 1.12 bits per heavy atom. The quantitative estimate of drug-likeness (QED) is 0.562. The number of ether oxygens (including phenoxy) is 1. The lowest BCUT2D eigenvalue weighted by Crippen LogP contribution is -2.35. The maximum atomic E-state index is 12.8. The highest BCUT2D eigenvalue weighted by atomic mass is 32.2. The Morgan fingerprint density at radius 3 is 2.42 bits per heavy atom. The van der Waals surface area contributed by atoms with E-state index in [4.69, 9.17) is 4.74 Å². The number of hydrogen-bond acceptors (Lipinski definition) is 4. The second kappa shape index (κ2) is 9.97. The van der Waals surface area contributed by atoms with E-state index in [1.165, 1.54) is 23.9 Å². The number of thioether (sulfide) groups is 1. The van der Waals surface area contributed by atoms with Crippen LogP contribution in [-0.2, 0) is 20.9 Å². The maximum Gasteiger partial charge on any atom is 0.307 e. The molecule has 2 aromatic carbocycles. The molecular weight excluding hydrogens is 353 g/mol. The van der Waals surface area contributed by atoms with E-state index in [0.717, 1.165) is 16.0 Å². The van der Waals surface area contributed by atoms with Crippen molar-refractivity contribution < 1.29 is 18.7 Å². The number of rotatable bonds is 8. The standard InChI is InChI=1S/C20H22FNO3S/c1-14-3-5-16(6-4-14)13-22-20(24)15(2)25-19(23)11-12-26-18-9-7-17(21)8-10-18/h3-10,15H,11-13H2,1-2H3,(H,22,24)/t15-/m1/s1. The predicted molar refractivity (Wildman–Crippen MR) is 100 cm³/mol. The van der Waals surface area contributed by atoms with Gasteiger partial charge in [0.1, 0.15) is 5.82 Å². The predicted octanol–water partition coefficient (Wildman–Crippen LogP) is 3.86. The molecule has 1 atom stereocenters.